The van der Waals surface area contributed by atoms with Crippen molar-refractivity contribution in [3.63, 3.8) is 0 Å². The normalized spacial score (nSPS) is 13.3. The van der Waals surface area contributed by atoms with E-state index in [1.165, 1.54) is 36.4 Å². The molecule has 2 aromatic carbocycles. The van der Waals surface area contributed by atoms with Crippen molar-refractivity contribution in [1.29, 1.82) is 0 Å². The Morgan fingerprint density at radius 3 is 2.14 bits per heavy atom. The maximum Gasteiger partial charge on any atom is 0.471 e. The van der Waals surface area contributed by atoms with Gasteiger partial charge in [0.1, 0.15) is 6.54 Å². The molecule has 0 bridgehead atoms. The molecule has 0 radical (unpaired) electrons. The molecule has 1 aliphatic heterocycles. The predicted octanol–water partition coefficient (Wildman–Crippen LogP) is 2.10. The molecule has 1 heterocycles. The van der Waals surface area contributed by atoms with E-state index < -0.39 is 36.3 Å². The van der Waals surface area contributed by atoms with E-state index in [1.807, 2.05) is 0 Å². The molecule has 0 spiro atoms. The van der Waals surface area contributed by atoms with E-state index in [9.17, 15) is 32.3 Å². The highest BCUT2D eigenvalue weighted by atomic mass is 19.4. The fraction of sp³-hybridized carbons (Fsp3) is 0.158. The Labute approximate surface area is 162 Å². The second kappa shape index (κ2) is 7.74. The number of imide groups is 1. The molecule has 2 aromatic rings. The average molecular weight is 405 g/mol. The van der Waals surface area contributed by atoms with Crippen LogP contribution in [-0.2, 0) is 16.1 Å². The topological polar surface area (TPSA) is 95.6 Å². The Hall–Kier alpha value is -3.69. The van der Waals surface area contributed by atoms with Gasteiger partial charge in [-0.15, -0.1) is 0 Å². The van der Waals surface area contributed by atoms with Gasteiger partial charge in [0.15, 0.2) is 0 Å². The van der Waals surface area contributed by atoms with Crippen molar-refractivity contribution in [2.45, 2.75) is 12.7 Å². The highest BCUT2D eigenvalue weighted by molar-refractivity contribution is 6.22. The number of hydrogen-bond acceptors (Lipinski definition) is 4. The van der Waals surface area contributed by atoms with Crippen molar-refractivity contribution in [1.82, 2.24) is 10.2 Å². The van der Waals surface area contributed by atoms with Gasteiger partial charge in [-0.25, -0.2) is 0 Å². The van der Waals surface area contributed by atoms with Gasteiger partial charge >= 0.3 is 12.1 Å². The molecule has 2 N–H and O–H groups in total. The van der Waals surface area contributed by atoms with E-state index in [4.69, 9.17) is 0 Å². The molecule has 0 atom stereocenters. The van der Waals surface area contributed by atoms with Crippen molar-refractivity contribution < 1.29 is 32.3 Å². The number of alkyl halides is 3. The Bertz CT molecular complexity index is 969. The molecule has 10 heteroatoms. The Morgan fingerprint density at radius 1 is 0.931 bits per heavy atom. The lowest BCUT2D eigenvalue weighted by Crippen LogP contribution is -2.37. The number of rotatable bonds is 5. The van der Waals surface area contributed by atoms with Gasteiger partial charge in [0, 0.05) is 12.2 Å². The summed E-state index contributed by atoms with van der Waals surface area (Å²) in [6.07, 6.45) is -4.99. The van der Waals surface area contributed by atoms with Gasteiger partial charge in [0.05, 0.1) is 11.1 Å². The molecule has 0 saturated carbocycles. The molecule has 7 nitrogen and oxygen atoms in total. The lowest BCUT2D eigenvalue weighted by molar-refractivity contribution is -0.173. The lowest BCUT2D eigenvalue weighted by Gasteiger charge is -2.14. The van der Waals surface area contributed by atoms with Crippen molar-refractivity contribution in [2.75, 3.05) is 11.9 Å². The zero-order chi connectivity index (χ0) is 21.2. The quantitative estimate of drug-likeness (QED) is 0.745. The molecule has 4 amide bonds. The predicted molar refractivity (Wildman–Crippen MR) is 94.8 cm³/mol. The first-order valence-corrected chi connectivity index (χ1v) is 8.36. The molecule has 0 saturated heterocycles. The SMILES string of the molecule is O=C(CN1C(=O)c2ccccc2C1=O)Nc1cccc(CNC(=O)C(F)(F)F)c1. The summed E-state index contributed by atoms with van der Waals surface area (Å²) in [6.45, 7) is -0.901. The molecule has 150 valence electrons. The van der Waals surface area contributed by atoms with Crippen LogP contribution in [0.15, 0.2) is 48.5 Å². The first kappa shape index (κ1) is 20.1. The number of amides is 4. The number of nitrogens with one attached hydrogen (secondary N) is 2. The molecule has 1 aliphatic rings. The van der Waals surface area contributed by atoms with E-state index in [0.29, 0.717) is 5.56 Å². The summed E-state index contributed by atoms with van der Waals surface area (Å²) < 4.78 is 36.7. The van der Waals surface area contributed by atoms with E-state index in [0.717, 1.165) is 4.90 Å². The fourth-order valence-electron chi connectivity index (χ4n) is 2.77. The summed E-state index contributed by atoms with van der Waals surface area (Å²) in [4.78, 5) is 48.5. The van der Waals surface area contributed by atoms with Crippen LogP contribution >= 0.6 is 0 Å². The number of carbonyl (C=O) groups excluding carboxylic acids is 4. The minimum atomic E-state index is -4.99. The molecular formula is C19H14F3N3O4. The summed E-state index contributed by atoms with van der Waals surface area (Å²) in [5.41, 5.74) is 0.993. The number of fused-ring (bicyclic) bond motifs is 1. The number of nitrogens with zero attached hydrogens (tertiary/aromatic N) is 1. The van der Waals surface area contributed by atoms with E-state index in [2.05, 4.69) is 5.32 Å². The highest BCUT2D eigenvalue weighted by Crippen LogP contribution is 2.22. The molecule has 0 aromatic heterocycles. The standard InChI is InChI=1S/C19H14F3N3O4/c20-19(21,22)18(29)23-9-11-4-3-5-12(8-11)24-15(26)10-25-16(27)13-6-1-2-7-14(13)17(25)28/h1-8H,9-10H2,(H,23,29)(H,24,26). The van der Waals surface area contributed by atoms with Gasteiger partial charge in [-0.1, -0.05) is 24.3 Å². The number of anilines is 1. The lowest BCUT2D eigenvalue weighted by atomic mass is 10.1. The molecule has 29 heavy (non-hydrogen) atoms. The third-order valence-electron chi connectivity index (χ3n) is 4.10. The first-order chi connectivity index (χ1) is 13.7. The Morgan fingerprint density at radius 2 is 1.55 bits per heavy atom. The number of hydrogen-bond donors (Lipinski definition) is 2. The fourth-order valence-corrected chi connectivity index (χ4v) is 2.77. The van der Waals surface area contributed by atoms with Crippen molar-refractivity contribution in [2.24, 2.45) is 0 Å². The summed E-state index contributed by atoms with van der Waals surface area (Å²) in [5.74, 6) is -3.89. The second-order valence-corrected chi connectivity index (χ2v) is 6.17. The monoisotopic (exact) mass is 405 g/mol. The number of benzene rings is 2. The van der Waals surface area contributed by atoms with Crippen LogP contribution in [0.3, 0.4) is 0 Å². The Balaban J connectivity index is 1.61. The zero-order valence-corrected chi connectivity index (χ0v) is 14.7. The van der Waals surface area contributed by atoms with Gasteiger partial charge in [0.2, 0.25) is 5.91 Å². The third-order valence-corrected chi connectivity index (χ3v) is 4.10. The van der Waals surface area contributed by atoms with Gasteiger partial charge in [-0.05, 0) is 29.8 Å². The minimum Gasteiger partial charge on any atom is -0.344 e. The summed E-state index contributed by atoms with van der Waals surface area (Å²) in [5, 5.41) is 4.20. The molecule has 0 fully saturated rings. The van der Waals surface area contributed by atoms with Gasteiger partial charge in [-0.2, -0.15) is 13.2 Å². The van der Waals surface area contributed by atoms with Crippen LogP contribution in [0.1, 0.15) is 26.3 Å². The maximum atomic E-state index is 12.3. The van der Waals surface area contributed by atoms with Gasteiger partial charge in [0.25, 0.3) is 11.8 Å². The second-order valence-electron chi connectivity index (χ2n) is 6.17. The highest BCUT2D eigenvalue weighted by Gasteiger charge is 2.38. The van der Waals surface area contributed by atoms with Crippen molar-refractivity contribution in [3.05, 3.63) is 65.2 Å². The Kier molecular flexibility index (Phi) is 5.35. The first-order valence-electron chi connectivity index (χ1n) is 8.36. The van der Waals surface area contributed by atoms with Crippen LogP contribution in [0.5, 0.6) is 0 Å². The smallest absolute Gasteiger partial charge is 0.344 e. The van der Waals surface area contributed by atoms with E-state index in [1.54, 1.807) is 17.4 Å². The van der Waals surface area contributed by atoms with E-state index in [-0.39, 0.29) is 23.4 Å². The molecule has 0 aliphatic carbocycles. The molecular weight excluding hydrogens is 391 g/mol. The molecule has 0 unspecified atom stereocenters. The number of halogens is 3. The van der Waals surface area contributed by atoms with Crippen LogP contribution in [0.2, 0.25) is 0 Å². The van der Waals surface area contributed by atoms with Crippen molar-refractivity contribution >= 4 is 29.3 Å². The minimum absolute atomic E-state index is 0.215. The van der Waals surface area contributed by atoms with Gasteiger partial charge < -0.3 is 10.6 Å². The number of carbonyl (C=O) groups is 4. The van der Waals surface area contributed by atoms with Gasteiger partial charge in [-0.3, -0.25) is 24.1 Å². The summed E-state index contributed by atoms with van der Waals surface area (Å²) >= 11 is 0. The largest absolute Gasteiger partial charge is 0.471 e. The summed E-state index contributed by atoms with van der Waals surface area (Å²) in [7, 11) is 0. The van der Waals surface area contributed by atoms with E-state index >= 15 is 0 Å². The summed E-state index contributed by atoms with van der Waals surface area (Å²) in [6, 6.07) is 12.0. The van der Waals surface area contributed by atoms with Crippen LogP contribution in [0.4, 0.5) is 18.9 Å². The maximum absolute atomic E-state index is 12.3. The molecule has 3 rings (SSSR count). The third kappa shape index (κ3) is 4.42. The van der Waals surface area contributed by atoms with Crippen LogP contribution in [-0.4, -0.2) is 41.2 Å². The van der Waals surface area contributed by atoms with Crippen molar-refractivity contribution in [3.8, 4) is 0 Å². The van der Waals surface area contributed by atoms with Crippen LogP contribution in [0.25, 0.3) is 0 Å². The zero-order valence-electron chi connectivity index (χ0n) is 14.7. The average Bonchev–Trinajstić information content (AvgIpc) is 2.91. The van der Waals surface area contributed by atoms with Crippen LogP contribution < -0.4 is 10.6 Å². The van der Waals surface area contributed by atoms with Crippen LogP contribution in [0, 0.1) is 0 Å².